The molecule has 1 aliphatic heterocycles. The maximum atomic E-state index is 12.9. The van der Waals surface area contributed by atoms with Crippen LogP contribution >= 0.6 is 22.9 Å². The summed E-state index contributed by atoms with van der Waals surface area (Å²) in [4.78, 5) is 14.4. The van der Waals surface area contributed by atoms with Crippen molar-refractivity contribution in [3.8, 4) is 0 Å². The molecule has 11 heteroatoms. The highest BCUT2D eigenvalue weighted by atomic mass is 35.5. The highest BCUT2D eigenvalue weighted by Gasteiger charge is 2.35. The third-order valence-corrected chi connectivity index (χ3v) is 8.54. The summed E-state index contributed by atoms with van der Waals surface area (Å²) in [7, 11) is -3.88. The number of halogens is 1. The lowest BCUT2D eigenvalue weighted by molar-refractivity contribution is -0.129. The molecule has 2 aromatic carbocycles. The van der Waals surface area contributed by atoms with Crippen LogP contribution in [0.2, 0.25) is 5.02 Å². The number of anilines is 1. The van der Waals surface area contributed by atoms with Crippen LogP contribution in [0.1, 0.15) is 17.5 Å². The maximum Gasteiger partial charge on any atom is 0.250 e. The van der Waals surface area contributed by atoms with E-state index in [1.54, 1.807) is 41.3 Å². The van der Waals surface area contributed by atoms with Crippen molar-refractivity contribution in [1.82, 2.24) is 9.62 Å². The molecule has 1 saturated heterocycles. The Morgan fingerprint density at radius 1 is 1.29 bits per heavy atom. The predicted molar refractivity (Wildman–Crippen MR) is 123 cm³/mol. The molecule has 0 saturated carbocycles. The van der Waals surface area contributed by atoms with Gasteiger partial charge in [0.2, 0.25) is 5.91 Å². The van der Waals surface area contributed by atoms with E-state index in [2.05, 4.69) is 4.72 Å². The molecule has 0 bridgehead atoms. The van der Waals surface area contributed by atoms with E-state index in [0.29, 0.717) is 40.2 Å². The van der Waals surface area contributed by atoms with Gasteiger partial charge in [0.05, 0.1) is 0 Å². The quantitative estimate of drug-likeness (QED) is 0.245. The summed E-state index contributed by atoms with van der Waals surface area (Å²) in [6, 6.07) is 10.9. The molecule has 8 nitrogen and oxygen atoms in total. The highest BCUT2D eigenvalue weighted by molar-refractivity contribution is 7.91. The van der Waals surface area contributed by atoms with E-state index < -0.39 is 16.1 Å². The number of fused-ring (bicyclic) bond motifs is 1. The third-order valence-electron chi connectivity index (χ3n) is 5.16. The van der Waals surface area contributed by atoms with Crippen LogP contribution in [-0.2, 0) is 21.4 Å². The molecule has 1 amide bonds. The lowest BCUT2D eigenvalue weighted by Gasteiger charge is -2.19. The topological polar surface area (TPSA) is 142 Å². The predicted octanol–water partition coefficient (Wildman–Crippen LogP) is 2.50. The molecule has 0 aliphatic carbocycles. The number of carbonyl (C=O) groups is 1. The molecular weight excluding hydrogens is 458 g/mol. The first-order chi connectivity index (χ1) is 14.7. The summed E-state index contributed by atoms with van der Waals surface area (Å²) in [5.74, 6) is -0.418. The zero-order valence-corrected chi connectivity index (χ0v) is 18.7. The van der Waals surface area contributed by atoms with Crippen molar-refractivity contribution in [2.45, 2.75) is 23.2 Å². The van der Waals surface area contributed by atoms with Crippen LogP contribution in [0, 0.1) is 5.41 Å². The van der Waals surface area contributed by atoms with Crippen LogP contribution in [0.5, 0.6) is 0 Å². The maximum absolute atomic E-state index is 12.9. The fourth-order valence-corrected chi connectivity index (χ4v) is 6.44. The molecule has 31 heavy (non-hydrogen) atoms. The number of likely N-dealkylation sites (tertiary alicyclic amines) is 1. The smallest absolute Gasteiger partial charge is 0.250 e. The lowest BCUT2D eigenvalue weighted by atomic mass is 10.1. The minimum absolute atomic E-state index is 0.0944. The molecule has 6 N–H and O–H groups in total. The van der Waals surface area contributed by atoms with E-state index in [1.807, 2.05) is 0 Å². The van der Waals surface area contributed by atoms with Crippen molar-refractivity contribution in [2.24, 2.45) is 5.73 Å². The molecule has 0 radical (unpaired) electrons. The average molecular weight is 478 g/mol. The molecule has 0 spiro atoms. The second-order valence-electron chi connectivity index (χ2n) is 7.27. The van der Waals surface area contributed by atoms with Gasteiger partial charge in [0.15, 0.2) is 0 Å². The summed E-state index contributed by atoms with van der Waals surface area (Å²) >= 11 is 7.26. The molecule has 1 atom stereocenters. The van der Waals surface area contributed by atoms with Crippen LogP contribution < -0.4 is 16.2 Å². The number of thiophene rings is 1. The fourth-order valence-electron chi connectivity index (χ4n) is 3.50. The lowest BCUT2D eigenvalue weighted by Crippen LogP contribution is -2.41. The van der Waals surface area contributed by atoms with Crippen molar-refractivity contribution in [2.75, 3.05) is 12.3 Å². The largest absolute Gasteiger partial charge is 0.398 e. The molecule has 1 fully saturated rings. The van der Waals surface area contributed by atoms with Crippen molar-refractivity contribution in [3.63, 3.8) is 0 Å². The van der Waals surface area contributed by atoms with E-state index >= 15 is 0 Å². The van der Waals surface area contributed by atoms with Crippen molar-refractivity contribution < 1.29 is 13.2 Å². The van der Waals surface area contributed by atoms with Gasteiger partial charge in [-0.25, -0.2) is 8.42 Å². The Morgan fingerprint density at radius 2 is 2.06 bits per heavy atom. The Kier molecular flexibility index (Phi) is 5.65. The van der Waals surface area contributed by atoms with Crippen LogP contribution in [0.15, 0.2) is 46.7 Å². The second kappa shape index (κ2) is 8.12. The number of rotatable bonds is 6. The normalized spacial score (nSPS) is 16.9. The molecule has 162 valence electrons. The van der Waals surface area contributed by atoms with E-state index in [4.69, 9.17) is 28.5 Å². The van der Waals surface area contributed by atoms with Crippen LogP contribution in [0.3, 0.4) is 0 Å². The number of nitrogens with one attached hydrogen (secondary N) is 2. The number of hydrogen-bond donors (Lipinski definition) is 4. The average Bonchev–Trinajstić information content (AvgIpc) is 3.30. The Balaban J connectivity index is 1.51. The molecule has 1 aromatic heterocycles. The molecule has 1 unspecified atom stereocenters. The minimum Gasteiger partial charge on any atom is -0.398 e. The summed E-state index contributed by atoms with van der Waals surface area (Å²) in [6.45, 7) is 0.594. The number of amidine groups is 1. The molecule has 4 rings (SSSR count). The number of amides is 1. The van der Waals surface area contributed by atoms with Crippen molar-refractivity contribution in [3.05, 3.63) is 58.6 Å². The number of hydrogen-bond acceptors (Lipinski definition) is 6. The van der Waals surface area contributed by atoms with Gasteiger partial charge in [-0.05, 0) is 48.4 Å². The summed E-state index contributed by atoms with van der Waals surface area (Å²) in [5, 5.41) is 8.70. The number of benzene rings is 2. The monoisotopic (exact) mass is 477 g/mol. The first-order valence-corrected chi connectivity index (χ1v) is 12.1. The molecule has 2 heterocycles. The van der Waals surface area contributed by atoms with Crippen LogP contribution in [0.25, 0.3) is 10.1 Å². The number of nitrogen functional groups attached to an aromatic ring is 2. The van der Waals surface area contributed by atoms with Gasteiger partial charge in [-0.15, -0.1) is 11.3 Å². The van der Waals surface area contributed by atoms with Gasteiger partial charge in [-0.1, -0.05) is 17.7 Å². The molecule has 1 aliphatic rings. The SMILES string of the molecule is N=C(N)c1ccc(N)c(CN2CCC(NS(=O)(=O)c3cc4c(Cl)cccc4s3)C2=O)c1. The van der Waals surface area contributed by atoms with Crippen molar-refractivity contribution >= 4 is 60.5 Å². The van der Waals surface area contributed by atoms with Gasteiger partial charge in [-0.2, -0.15) is 4.72 Å². The number of sulfonamides is 1. The Morgan fingerprint density at radius 3 is 2.77 bits per heavy atom. The number of nitrogens with zero attached hydrogens (tertiary/aromatic N) is 1. The highest BCUT2D eigenvalue weighted by Crippen LogP contribution is 2.33. The van der Waals surface area contributed by atoms with Gasteiger partial charge < -0.3 is 16.4 Å². The summed E-state index contributed by atoms with van der Waals surface area (Å²) < 4.78 is 29.2. The van der Waals surface area contributed by atoms with Gasteiger partial charge in [0.1, 0.15) is 16.1 Å². The first kappa shape index (κ1) is 21.6. The molecule has 3 aromatic rings. The van der Waals surface area contributed by atoms with Crippen molar-refractivity contribution in [1.29, 1.82) is 5.41 Å². The molecular formula is C20H20ClN5O3S2. The summed E-state index contributed by atoms with van der Waals surface area (Å²) in [6.07, 6.45) is 0.343. The standard InChI is InChI=1S/C20H20ClN5O3S2/c21-14-2-1-3-17-13(14)9-18(30-17)31(28,29)25-16-6-7-26(20(16)27)10-12-8-11(19(23)24)4-5-15(12)22/h1-5,8-9,16,25H,6-7,10,22H2,(H3,23,24). The zero-order chi connectivity index (χ0) is 22.3. The van der Waals surface area contributed by atoms with Gasteiger partial charge in [0.25, 0.3) is 10.0 Å². The number of carbonyl (C=O) groups excluding carboxylic acids is 1. The second-order valence-corrected chi connectivity index (χ2v) is 10.7. The summed E-state index contributed by atoms with van der Waals surface area (Å²) in [5.41, 5.74) is 13.2. The first-order valence-electron chi connectivity index (χ1n) is 9.37. The van der Waals surface area contributed by atoms with E-state index in [9.17, 15) is 13.2 Å². The Bertz CT molecular complexity index is 1310. The zero-order valence-electron chi connectivity index (χ0n) is 16.3. The minimum atomic E-state index is -3.88. The Hall–Kier alpha value is -2.66. The van der Waals surface area contributed by atoms with Gasteiger partial charge in [-0.3, -0.25) is 10.2 Å². The van der Waals surface area contributed by atoms with Gasteiger partial charge >= 0.3 is 0 Å². The fraction of sp³-hybridized carbons (Fsp3) is 0.200. The van der Waals surface area contributed by atoms with Gasteiger partial charge in [0, 0.05) is 39.4 Å². The van der Waals surface area contributed by atoms with Crippen LogP contribution in [-0.4, -0.2) is 37.6 Å². The van der Waals surface area contributed by atoms with E-state index in [0.717, 1.165) is 16.0 Å². The third kappa shape index (κ3) is 4.24. The van der Waals surface area contributed by atoms with E-state index in [-0.39, 0.29) is 22.5 Å². The van der Waals surface area contributed by atoms with Crippen LogP contribution in [0.4, 0.5) is 5.69 Å². The Labute approximate surface area is 188 Å². The van der Waals surface area contributed by atoms with E-state index in [1.165, 1.54) is 6.07 Å². The number of nitrogens with two attached hydrogens (primary N) is 2.